The zero-order chi connectivity index (χ0) is 13.7. The quantitative estimate of drug-likeness (QED) is 0.884. The van der Waals surface area contributed by atoms with Gasteiger partial charge in [-0.25, -0.2) is 4.39 Å². The fraction of sp³-hybridized carbons (Fsp3) is 0.200. The van der Waals surface area contributed by atoms with Crippen LogP contribution in [0.4, 0.5) is 10.1 Å². The molecule has 0 atom stereocenters. The average molecular weight is 280 g/mol. The predicted octanol–water partition coefficient (Wildman–Crippen LogP) is 4.24. The van der Waals surface area contributed by atoms with E-state index in [2.05, 4.69) is 5.32 Å². The molecule has 0 unspecified atom stereocenters. The number of benzene rings is 2. The molecule has 0 aliphatic rings. The summed E-state index contributed by atoms with van der Waals surface area (Å²) in [7, 11) is 1.66. The minimum Gasteiger partial charge on any atom is -0.381 e. The minimum atomic E-state index is -0.394. The summed E-state index contributed by atoms with van der Waals surface area (Å²) in [6.07, 6.45) is 0. The van der Waals surface area contributed by atoms with E-state index in [-0.39, 0.29) is 5.02 Å². The maximum absolute atomic E-state index is 13.3. The maximum atomic E-state index is 13.3. The van der Waals surface area contributed by atoms with Gasteiger partial charge in [0.1, 0.15) is 5.82 Å². The van der Waals surface area contributed by atoms with Crippen LogP contribution < -0.4 is 5.32 Å². The zero-order valence-electron chi connectivity index (χ0n) is 10.6. The summed E-state index contributed by atoms with van der Waals surface area (Å²) in [4.78, 5) is 0. The van der Waals surface area contributed by atoms with Gasteiger partial charge in [-0.05, 0) is 29.3 Å². The molecule has 0 aromatic heterocycles. The van der Waals surface area contributed by atoms with E-state index in [4.69, 9.17) is 16.3 Å². The highest BCUT2D eigenvalue weighted by atomic mass is 35.5. The lowest BCUT2D eigenvalue weighted by Crippen LogP contribution is -2.01. The van der Waals surface area contributed by atoms with Crippen molar-refractivity contribution in [1.29, 1.82) is 0 Å². The van der Waals surface area contributed by atoms with Crippen LogP contribution in [0.1, 0.15) is 11.1 Å². The van der Waals surface area contributed by atoms with Crippen molar-refractivity contribution in [3.8, 4) is 0 Å². The van der Waals surface area contributed by atoms with Crippen molar-refractivity contribution in [3.63, 3.8) is 0 Å². The van der Waals surface area contributed by atoms with Crippen molar-refractivity contribution in [2.45, 2.75) is 13.2 Å². The van der Waals surface area contributed by atoms with E-state index in [0.717, 1.165) is 16.8 Å². The molecular weight excluding hydrogens is 265 g/mol. The summed E-state index contributed by atoms with van der Waals surface area (Å²) in [6.45, 7) is 1.04. The predicted molar refractivity (Wildman–Crippen MR) is 75.9 cm³/mol. The Balaban J connectivity index is 2.06. The number of halogens is 2. The Morgan fingerprint density at radius 2 is 2.00 bits per heavy atom. The highest BCUT2D eigenvalue weighted by Crippen LogP contribution is 2.21. The molecule has 1 N–H and O–H groups in total. The SMILES string of the molecule is COCc1cccc(NCc2cccc(F)c2Cl)c1. The van der Waals surface area contributed by atoms with Gasteiger partial charge in [-0.3, -0.25) is 0 Å². The summed E-state index contributed by atoms with van der Waals surface area (Å²) in [6, 6.07) is 12.7. The van der Waals surface area contributed by atoms with Crippen molar-refractivity contribution in [2.24, 2.45) is 0 Å². The fourth-order valence-corrected chi connectivity index (χ4v) is 2.01. The molecule has 2 rings (SSSR count). The van der Waals surface area contributed by atoms with E-state index < -0.39 is 5.82 Å². The first-order valence-electron chi connectivity index (χ1n) is 5.95. The Kier molecular flexibility index (Phi) is 4.77. The lowest BCUT2D eigenvalue weighted by Gasteiger charge is -2.10. The lowest BCUT2D eigenvalue weighted by molar-refractivity contribution is 0.185. The molecular formula is C15H15ClFNO. The second-order valence-corrected chi connectivity index (χ2v) is 4.58. The summed E-state index contributed by atoms with van der Waals surface area (Å²) >= 11 is 5.91. The monoisotopic (exact) mass is 279 g/mol. The number of nitrogens with one attached hydrogen (secondary N) is 1. The zero-order valence-corrected chi connectivity index (χ0v) is 11.4. The molecule has 0 amide bonds. The van der Waals surface area contributed by atoms with Crippen molar-refractivity contribution in [1.82, 2.24) is 0 Å². The van der Waals surface area contributed by atoms with E-state index in [9.17, 15) is 4.39 Å². The van der Waals surface area contributed by atoms with Gasteiger partial charge in [0.25, 0.3) is 0 Å². The molecule has 0 fully saturated rings. The molecule has 0 bridgehead atoms. The van der Waals surface area contributed by atoms with E-state index in [1.165, 1.54) is 6.07 Å². The molecule has 2 aromatic carbocycles. The molecule has 0 aliphatic heterocycles. The third kappa shape index (κ3) is 3.69. The summed E-state index contributed by atoms with van der Waals surface area (Å²) < 4.78 is 18.4. The highest BCUT2D eigenvalue weighted by molar-refractivity contribution is 6.31. The molecule has 0 aliphatic carbocycles. The molecule has 0 radical (unpaired) electrons. The van der Waals surface area contributed by atoms with Gasteiger partial charge < -0.3 is 10.1 Å². The number of ether oxygens (including phenoxy) is 1. The molecule has 0 saturated heterocycles. The Morgan fingerprint density at radius 3 is 2.79 bits per heavy atom. The smallest absolute Gasteiger partial charge is 0.142 e. The third-order valence-corrected chi connectivity index (χ3v) is 3.18. The van der Waals surface area contributed by atoms with Crippen molar-refractivity contribution < 1.29 is 9.13 Å². The van der Waals surface area contributed by atoms with Crippen LogP contribution in [0.3, 0.4) is 0 Å². The van der Waals surface area contributed by atoms with Crippen molar-refractivity contribution >= 4 is 17.3 Å². The fourth-order valence-electron chi connectivity index (χ4n) is 1.82. The number of anilines is 1. The summed E-state index contributed by atoms with van der Waals surface area (Å²) in [5.74, 6) is -0.394. The second kappa shape index (κ2) is 6.55. The number of rotatable bonds is 5. The van der Waals surface area contributed by atoms with Gasteiger partial charge in [0.15, 0.2) is 0 Å². The molecule has 0 spiro atoms. The number of methoxy groups -OCH3 is 1. The van der Waals surface area contributed by atoms with Crippen molar-refractivity contribution in [3.05, 3.63) is 64.4 Å². The molecule has 0 heterocycles. The molecule has 100 valence electrons. The Bertz CT molecular complexity index is 560. The van der Waals surface area contributed by atoms with Crippen molar-refractivity contribution in [2.75, 3.05) is 12.4 Å². The molecule has 4 heteroatoms. The van der Waals surface area contributed by atoms with Crippen LogP contribution in [0.5, 0.6) is 0 Å². The van der Waals surface area contributed by atoms with Gasteiger partial charge in [0.2, 0.25) is 0 Å². The van der Waals surface area contributed by atoms with Gasteiger partial charge in [0.05, 0.1) is 11.6 Å². The third-order valence-electron chi connectivity index (χ3n) is 2.75. The Labute approximate surface area is 117 Å². The van der Waals surface area contributed by atoms with Gasteiger partial charge in [-0.2, -0.15) is 0 Å². The topological polar surface area (TPSA) is 21.3 Å². The Morgan fingerprint density at radius 1 is 1.21 bits per heavy atom. The van der Waals surface area contributed by atoms with Crippen LogP contribution >= 0.6 is 11.6 Å². The van der Waals surface area contributed by atoms with E-state index in [1.54, 1.807) is 19.2 Å². The lowest BCUT2D eigenvalue weighted by atomic mass is 10.2. The highest BCUT2D eigenvalue weighted by Gasteiger charge is 2.05. The normalized spacial score (nSPS) is 10.5. The molecule has 19 heavy (non-hydrogen) atoms. The van der Waals surface area contributed by atoms with Crippen LogP contribution in [-0.4, -0.2) is 7.11 Å². The van der Waals surface area contributed by atoms with Gasteiger partial charge in [-0.1, -0.05) is 35.9 Å². The number of hydrogen-bond acceptors (Lipinski definition) is 2. The standard InChI is InChI=1S/C15H15ClFNO/c1-19-10-11-4-2-6-13(8-11)18-9-12-5-3-7-14(17)15(12)16/h2-8,18H,9-10H2,1H3. The van der Waals surface area contributed by atoms with Gasteiger partial charge in [0, 0.05) is 19.3 Å². The number of hydrogen-bond donors (Lipinski definition) is 1. The first-order chi connectivity index (χ1) is 9.20. The van der Waals surface area contributed by atoms with E-state index in [0.29, 0.717) is 13.2 Å². The Hall–Kier alpha value is -1.58. The average Bonchev–Trinajstić information content (AvgIpc) is 2.41. The largest absolute Gasteiger partial charge is 0.381 e. The summed E-state index contributed by atoms with van der Waals surface area (Å²) in [5.41, 5.74) is 2.77. The molecule has 0 saturated carbocycles. The first-order valence-corrected chi connectivity index (χ1v) is 6.33. The van der Waals surface area contributed by atoms with Gasteiger partial charge >= 0.3 is 0 Å². The summed E-state index contributed by atoms with van der Waals surface area (Å²) in [5, 5.41) is 3.39. The molecule has 2 nitrogen and oxygen atoms in total. The van der Waals surface area contributed by atoms with Gasteiger partial charge in [-0.15, -0.1) is 0 Å². The second-order valence-electron chi connectivity index (χ2n) is 4.20. The van der Waals surface area contributed by atoms with Crippen LogP contribution in [0.2, 0.25) is 5.02 Å². The minimum absolute atomic E-state index is 0.169. The van der Waals surface area contributed by atoms with Crippen LogP contribution in [0, 0.1) is 5.82 Å². The van der Waals surface area contributed by atoms with Crippen LogP contribution in [0.15, 0.2) is 42.5 Å². The van der Waals surface area contributed by atoms with Crippen LogP contribution in [-0.2, 0) is 17.9 Å². The molecule has 2 aromatic rings. The van der Waals surface area contributed by atoms with E-state index in [1.807, 2.05) is 24.3 Å². The first kappa shape index (κ1) is 13.8. The van der Waals surface area contributed by atoms with E-state index >= 15 is 0 Å². The van der Waals surface area contributed by atoms with Crippen LogP contribution in [0.25, 0.3) is 0 Å². The maximum Gasteiger partial charge on any atom is 0.142 e.